The summed E-state index contributed by atoms with van der Waals surface area (Å²) in [5, 5.41) is 17.1. The van der Waals surface area contributed by atoms with Gasteiger partial charge in [0, 0.05) is 25.2 Å². The molecule has 6 nitrogen and oxygen atoms in total. The molecule has 0 aliphatic rings. The van der Waals surface area contributed by atoms with Crippen LogP contribution in [0.3, 0.4) is 0 Å². The Morgan fingerprint density at radius 2 is 1.95 bits per heavy atom. The minimum absolute atomic E-state index is 0.102. The Balaban J connectivity index is 2.57. The molecule has 1 aromatic carbocycles. The zero-order chi connectivity index (χ0) is 15.7. The molecule has 0 radical (unpaired) electrons. The Morgan fingerprint density at radius 3 is 2.48 bits per heavy atom. The van der Waals surface area contributed by atoms with Gasteiger partial charge in [0.2, 0.25) is 0 Å². The van der Waals surface area contributed by atoms with Crippen LogP contribution in [0.4, 0.5) is 5.69 Å². The highest BCUT2D eigenvalue weighted by Crippen LogP contribution is 2.12. The number of nitro benzene ring substituents is 1. The normalized spacial score (nSPS) is 11.5. The molecule has 0 spiro atoms. The molecule has 116 valence electrons. The summed E-state index contributed by atoms with van der Waals surface area (Å²) in [6.07, 6.45) is 1.09. The largest absolute Gasteiger partial charge is 0.357 e. The van der Waals surface area contributed by atoms with E-state index in [-0.39, 0.29) is 5.69 Å². The molecule has 0 atom stereocenters. The van der Waals surface area contributed by atoms with Crippen molar-refractivity contribution in [3.05, 3.63) is 39.9 Å². The zero-order valence-corrected chi connectivity index (χ0v) is 12.9. The first-order chi connectivity index (χ1) is 10.0. The molecule has 0 saturated carbocycles. The minimum atomic E-state index is -0.398. The zero-order valence-electron chi connectivity index (χ0n) is 12.9. The highest BCUT2D eigenvalue weighted by atomic mass is 16.6. The fraction of sp³-hybridized carbons (Fsp3) is 0.533. The Bertz CT molecular complexity index is 469. The summed E-state index contributed by atoms with van der Waals surface area (Å²) in [6.45, 7) is 8.56. The van der Waals surface area contributed by atoms with E-state index < -0.39 is 4.92 Å². The van der Waals surface area contributed by atoms with E-state index in [2.05, 4.69) is 29.5 Å². The first-order valence-corrected chi connectivity index (χ1v) is 7.28. The summed E-state index contributed by atoms with van der Waals surface area (Å²) in [7, 11) is 0. The van der Waals surface area contributed by atoms with Crippen molar-refractivity contribution in [1.29, 1.82) is 0 Å². The number of non-ortho nitro benzene ring substituents is 1. The molecular formula is C15H24N4O2. The molecule has 1 aromatic rings. The van der Waals surface area contributed by atoms with Gasteiger partial charge in [0.15, 0.2) is 5.96 Å². The van der Waals surface area contributed by atoms with Gasteiger partial charge in [0.05, 0.1) is 11.5 Å². The molecule has 2 N–H and O–H groups in total. The fourth-order valence-corrected chi connectivity index (χ4v) is 1.71. The van der Waals surface area contributed by atoms with E-state index in [4.69, 9.17) is 0 Å². The van der Waals surface area contributed by atoms with E-state index in [0.29, 0.717) is 12.5 Å². The Kier molecular flexibility index (Phi) is 7.21. The SMILES string of the molecule is CCNC(=NCc1ccc([N+](=O)[O-])cc1)NCCC(C)C. The summed E-state index contributed by atoms with van der Waals surface area (Å²) in [6, 6.07) is 6.48. The molecular weight excluding hydrogens is 268 g/mol. The van der Waals surface area contributed by atoms with Crippen LogP contribution in [0.5, 0.6) is 0 Å². The monoisotopic (exact) mass is 292 g/mol. The molecule has 21 heavy (non-hydrogen) atoms. The molecule has 0 unspecified atom stereocenters. The maximum Gasteiger partial charge on any atom is 0.269 e. The Morgan fingerprint density at radius 1 is 1.29 bits per heavy atom. The van der Waals surface area contributed by atoms with Crippen molar-refractivity contribution in [2.45, 2.75) is 33.7 Å². The molecule has 0 amide bonds. The fourth-order valence-electron chi connectivity index (χ4n) is 1.71. The average Bonchev–Trinajstić information content (AvgIpc) is 2.44. The van der Waals surface area contributed by atoms with Crippen molar-refractivity contribution in [2.75, 3.05) is 13.1 Å². The molecule has 0 aromatic heterocycles. The van der Waals surface area contributed by atoms with E-state index in [1.54, 1.807) is 12.1 Å². The van der Waals surface area contributed by atoms with Crippen LogP contribution in [0.1, 0.15) is 32.8 Å². The summed E-state index contributed by atoms with van der Waals surface area (Å²) in [5.41, 5.74) is 1.05. The molecule has 0 bridgehead atoms. The Hall–Kier alpha value is -2.11. The smallest absolute Gasteiger partial charge is 0.269 e. The van der Waals surface area contributed by atoms with E-state index in [0.717, 1.165) is 31.0 Å². The number of nitro groups is 1. The van der Waals surface area contributed by atoms with Crippen LogP contribution in [0, 0.1) is 16.0 Å². The molecule has 0 fully saturated rings. The second-order valence-corrected chi connectivity index (χ2v) is 5.23. The van der Waals surface area contributed by atoms with Crippen molar-refractivity contribution in [2.24, 2.45) is 10.9 Å². The van der Waals surface area contributed by atoms with Crippen molar-refractivity contribution in [1.82, 2.24) is 10.6 Å². The van der Waals surface area contributed by atoms with Gasteiger partial charge in [-0.05, 0) is 24.8 Å². The predicted molar refractivity (Wildman–Crippen MR) is 85.4 cm³/mol. The minimum Gasteiger partial charge on any atom is -0.357 e. The maximum absolute atomic E-state index is 10.6. The number of guanidine groups is 1. The van der Waals surface area contributed by atoms with Gasteiger partial charge in [0.1, 0.15) is 0 Å². The van der Waals surface area contributed by atoms with Gasteiger partial charge in [-0.1, -0.05) is 26.0 Å². The highest BCUT2D eigenvalue weighted by molar-refractivity contribution is 5.79. The van der Waals surface area contributed by atoms with Gasteiger partial charge in [-0.25, -0.2) is 4.99 Å². The number of nitrogens with one attached hydrogen (secondary N) is 2. The van der Waals surface area contributed by atoms with Crippen LogP contribution in [0.15, 0.2) is 29.3 Å². The molecule has 1 rings (SSSR count). The third-order valence-corrected chi connectivity index (χ3v) is 2.93. The average molecular weight is 292 g/mol. The van der Waals surface area contributed by atoms with Crippen molar-refractivity contribution < 1.29 is 4.92 Å². The maximum atomic E-state index is 10.6. The third-order valence-electron chi connectivity index (χ3n) is 2.93. The summed E-state index contributed by atoms with van der Waals surface area (Å²) < 4.78 is 0. The van der Waals surface area contributed by atoms with Crippen LogP contribution in [-0.2, 0) is 6.54 Å². The standard InChI is InChI=1S/C15H24N4O2/c1-4-16-15(17-10-9-12(2)3)18-11-13-5-7-14(8-6-13)19(20)21/h5-8,12H,4,9-11H2,1-3H3,(H2,16,17,18). The molecule has 0 saturated heterocycles. The first kappa shape index (κ1) is 16.9. The van der Waals surface area contributed by atoms with Crippen molar-refractivity contribution in [3.63, 3.8) is 0 Å². The van der Waals surface area contributed by atoms with Crippen LogP contribution in [-0.4, -0.2) is 24.0 Å². The molecule has 0 aliphatic carbocycles. The van der Waals surface area contributed by atoms with E-state index >= 15 is 0 Å². The van der Waals surface area contributed by atoms with Crippen molar-refractivity contribution >= 4 is 11.6 Å². The number of nitrogens with zero attached hydrogens (tertiary/aromatic N) is 2. The van der Waals surface area contributed by atoms with Gasteiger partial charge in [-0.3, -0.25) is 10.1 Å². The van der Waals surface area contributed by atoms with Gasteiger partial charge in [-0.2, -0.15) is 0 Å². The summed E-state index contributed by atoms with van der Waals surface area (Å²) in [4.78, 5) is 14.7. The lowest BCUT2D eigenvalue weighted by Gasteiger charge is -2.12. The first-order valence-electron chi connectivity index (χ1n) is 7.28. The number of aliphatic imine (C=N–C) groups is 1. The molecule has 6 heteroatoms. The van der Waals surface area contributed by atoms with Crippen LogP contribution < -0.4 is 10.6 Å². The van der Waals surface area contributed by atoms with Gasteiger partial charge < -0.3 is 10.6 Å². The molecule has 0 aliphatic heterocycles. The summed E-state index contributed by atoms with van der Waals surface area (Å²) in [5.74, 6) is 1.42. The lowest BCUT2D eigenvalue weighted by molar-refractivity contribution is -0.384. The Labute approximate surface area is 125 Å². The van der Waals surface area contributed by atoms with Crippen LogP contribution in [0.25, 0.3) is 0 Å². The highest BCUT2D eigenvalue weighted by Gasteiger charge is 2.04. The van der Waals surface area contributed by atoms with Crippen LogP contribution in [0.2, 0.25) is 0 Å². The third kappa shape index (κ3) is 6.74. The second kappa shape index (κ2) is 8.94. The van der Waals surface area contributed by atoms with Gasteiger partial charge in [-0.15, -0.1) is 0 Å². The second-order valence-electron chi connectivity index (χ2n) is 5.23. The topological polar surface area (TPSA) is 79.6 Å². The predicted octanol–water partition coefficient (Wildman–Crippen LogP) is 2.70. The van der Waals surface area contributed by atoms with Gasteiger partial charge >= 0.3 is 0 Å². The number of benzene rings is 1. The summed E-state index contributed by atoms with van der Waals surface area (Å²) >= 11 is 0. The number of hydrogen-bond donors (Lipinski definition) is 2. The lowest BCUT2D eigenvalue weighted by Crippen LogP contribution is -2.38. The van der Waals surface area contributed by atoms with E-state index in [9.17, 15) is 10.1 Å². The van der Waals surface area contributed by atoms with E-state index in [1.807, 2.05) is 6.92 Å². The lowest BCUT2D eigenvalue weighted by atomic mass is 10.1. The number of rotatable bonds is 7. The molecule has 0 heterocycles. The van der Waals surface area contributed by atoms with Gasteiger partial charge in [0.25, 0.3) is 5.69 Å². The van der Waals surface area contributed by atoms with Crippen molar-refractivity contribution in [3.8, 4) is 0 Å². The van der Waals surface area contributed by atoms with E-state index in [1.165, 1.54) is 12.1 Å². The van der Waals surface area contributed by atoms with Crippen LogP contribution >= 0.6 is 0 Å². The number of hydrogen-bond acceptors (Lipinski definition) is 3. The quantitative estimate of drug-likeness (QED) is 0.350.